The average Bonchev–Trinajstić information content (AvgIpc) is 3.60. The molecule has 0 amide bonds. The van der Waals surface area contributed by atoms with Crippen LogP contribution in [0.1, 0.15) is 337 Å². The van der Waals surface area contributed by atoms with Crippen LogP contribution in [0.25, 0.3) is 0 Å². The Morgan fingerprint density at radius 3 is 0.782 bits per heavy atom. The van der Waals surface area contributed by atoms with Crippen molar-refractivity contribution in [2.45, 2.75) is 356 Å². The molecular weight excluding hydrogens is 1150 g/mol. The minimum atomic E-state index is -4.95. The zero-order valence-corrected chi connectivity index (χ0v) is 58.3. The fraction of sp³-hybridized carbons (Fsp3) is 0.941. The molecule has 0 saturated carbocycles. The lowest BCUT2D eigenvalue weighted by Gasteiger charge is -2.21. The lowest BCUT2D eigenvalue weighted by Crippen LogP contribution is -2.30. The molecule has 0 aromatic rings. The van der Waals surface area contributed by atoms with Crippen LogP contribution >= 0.6 is 15.6 Å². The summed E-state index contributed by atoms with van der Waals surface area (Å²) in [6, 6.07) is 0. The van der Waals surface area contributed by atoms with Gasteiger partial charge in [0.15, 0.2) is 12.2 Å². The quantitative estimate of drug-likeness (QED) is 0.0222. The molecule has 0 rings (SSSR count). The summed E-state index contributed by atoms with van der Waals surface area (Å²) in [7, 11) is -9.90. The predicted molar refractivity (Wildman–Crippen MR) is 349 cm³/mol. The van der Waals surface area contributed by atoms with Crippen molar-refractivity contribution in [1.29, 1.82) is 0 Å². The molecule has 19 heteroatoms. The summed E-state index contributed by atoms with van der Waals surface area (Å²) in [6.07, 6.45) is 41.9. The Balaban J connectivity index is 5.24. The zero-order valence-electron chi connectivity index (χ0n) is 56.5. The van der Waals surface area contributed by atoms with Gasteiger partial charge in [0, 0.05) is 25.7 Å². The van der Waals surface area contributed by atoms with Crippen molar-refractivity contribution in [3.8, 4) is 0 Å². The van der Waals surface area contributed by atoms with Gasteiger partial charge in [0.25, 0.3) is 0 Å². The fourth-order valence-electron chi connectivity index (χ4n) is 10.2. The van der Waals surface area contributed by atoms with E-state index in [4.69, 9.17) is 37.0 Å². The van der Waals surface area contributed by atoms with Gasteiger partial charge in [0.05, 0.1) is 26.4 Å². The number of aliphatic hydroxyl groups is 1. The predicted octanol–water partition coefficient (Wildman–Crippen LogP) is 19.1. The van der Waals surface area contributed by atoms with E-state index in [-0.39, 0.29) is 25.7 Å². The highest BCUT2D eigenvalue weighted by Crippen LogP contribution is 2.45. The Kier molecular flexibility index (Phi) is 57.8. The second-order valence-corrected chi connectivity index (χ2v) is 28.9. The van der Waals surface area contributed by atoms with Gasteiger partial charge in [-0.3, -0.25) is 37.3 Å². The Morgan fingerprint density at radius 2 is 0.529 bits per heavy atom. The third-order valence-corrected chi connectivity index (χ3v) is 17.5. The van der Waals surface area contributed by atoms with Gasteiger partial charge in [0.1, 0.15) is 19.3 Å². The number of phosphoric ester groups is 2. The van der Waals surface area contributed by atoms with E-state index in [2.05, 4.69) is 48.5 Å². The molecule has 0 aromatic carbocycles. The van der Waals surface area contributed by atoms with Crippen LogP contribution in [0.2, 0.25) is 0 Å². The molecule has 0 aromatic heterocycles. The lowest BCUT2D eigenvalue weighted by molar-refractivity contribution is -0.161. The van der Waals surface area contributed by atoms with Gasteiger partial charge in [-0.1, -0.05) is 286 Å². The summed E-state index contributed by atoms with van der Waals surface area (Å²) < 4.78 is 68.1. The SMILES string of the molecule is CCCCCCCCCCCCCCCCC(=O)OC[C@H](COP(=O)(O)OC[C@@H](O)COP(=O)(O)OC[C@@H](COC(=O)CCCCCCCCC(C)C)OC(=O)CCCCCCCCCC(C)C)OC(=O)CCCCCCCCCCCCCC(C)C. The number of esters is 4. The number of aliphatic hydroxyl groups excluding tert-OH is 1. The van der Waals surface area contributed by atoms with Crippen LogP contribution in [0.4, 0.5) is 0 Å². The van der Waals surface area contributed by atoms with Gasteiger partial charge >= 0.3 is 39.5 Å². The number of phosphoric acid groups is 2. The van der Waals surface area contributed by atoms with Crippen molar-refractivity contribution in [3.63, 3.8) is 0 Å². The Morgan fingerprint density at radius 1 is 0.310 bits per heavy atom. The number of unbranched alkanes of at least 4 members (excludes halogenated alkanes) is 34. The van der Waals surface area contributed by atoms with E-state index in [0.29, 0.717) is 37.5 Å². The van der Waals surface area contributed by atoms with E-state index in [0.717, 1.165) is 102 Å². The Bertz CT molecular complexity index is 1720. The molecule has 0 spiro atoms. The first-order valence-corrected chi connectivity index (χ1v) is 38.3. The van der Waals surface area contributed by atoms with Crippen LogP contribution in [0.3, 0.4) is 0 Å². The van der Waals surface area contributed by atoms with E-state index in [9.17, 15) is 43.2 Å². The van der Waals surface area contributed by atoms with Crippen molar-refractivity contribution in [1.82, 2.24) is 0 Å². The first kappa shape index (κ1) is 85.1. The summed E-state index contributed by atoms with van der Waals surface area (Å²) >= 11 is 0. The van der Waals surface area contributed by atoms with Crippen LogP contribution in [-0.4, -0.2) is 96.7 Å². The molecule has 2 unspecified atom stereocenters. The highest BCUT2D eigenvalue weighted by atomic mass is 31.2. The van der Waals surface area contributed by atoms with E-state index >= 15 is 0 Å². The average molecular weight is 1280 g/mol. The minimum absolute atomic E-state index is 0.102. The monoisotopic (exact) mass is 1280 g/mol. The molecule has 3 N–H and O–H groups in total. The molecular formula is C68H132O17P2. The van der Waals surface area contributed by atoms with Crippen LogP contribution < -0.4 is 0 Å². The van der Waals surface area contributed by atoms with Crippen molar-refractivity contribution in [2.75, 3.05) is 39.6 Å². The van der Waals surface area contributed by atoms with Gasteiger partial charge in [-0.05, 0) is 43.4 Å². The third kappa shape index (κ3) is 62.6. The molecule has 0 bridgehead atoms. The first-order chi connectivity index (χ1) is 41.7. The van der Waals surface area contributed by atoms with Crippen LogP contribution in [0.5, 0.6) is 0 Å². The highest BCUT2D eigenvalue weighted by Gasteiger charge is 2.30. The van der Waals surface area contributed by atoms with E-state index < -0.39 is 97.5 Å². The van der Waals surface area contributed by atoms with Crippen LogP contribution in [0.15, 0.2) is 0 Å². The molecule has 0 aliphatic heterocycles. The standard InChI is InChI=1S/C68H132O17P2/c1-8-9-10-11-12-13-14-15-16-19-22-27-35-42-49-65(70)78-55-63(84-67(72)51-44-37-28-23-20-17-18-21-25-32-39-46-59(2)3)57-82-86(74,75)80-53-62(69)54-81-87(76,77)83-58-64(56-79-66(71)50-43-36-31-30-34-41-48-61(6)7)85-68(73)52-45-38-29-24-26-33-40-47-60(4)5/h59-64,69H,8-58H2,1-7H3,(H,74,75)(H,76,77)/t62-,63-,64-/m1/s1. The number of carbonyl (C=O) groups is 4. The molecule has 0 heterocycles. The van der Waals surface area contributed by atoms with Gasteiger partial charge < -0.3 is 33.8 Å². The van der Waals surface area contributed by atoms with Crippen molar-refractivity contribution in [3.05, 3.63) is 0 Å². The lowest BCUT2D eigenvalue weighted by atomic mass is 10.0. The summed E-state index contributed by atoms with van der Waals surface area (Å²) in [4.78, 5) is 72.4. The van der Waals surface area contributed by atoms with Crippen molar-refractivity contribution >= 4 is 39.5 Å². The summed E-state index contributed by atoms with van der Waals surface area (Å²) in [5.74, 6) is 0.00805. The smallest absolute Gasteiger partial charge is 0.462 e. The number of carbonyl (C=O) groups excluding carboxylic acids is 4. The van der Waals surface area contributed by atoms with Gasteiger partial charge in [-0.25, -0.2) is 9.13 Å². The number of ether oxygens (including phenoxy) is 4. The van der Waals surface area contributed by atoms with Gasteiger partial charge in [-0.15, -0.1) is 0 Å². The maximum atomic E-state index is 13.0. The molecule has 0 radical (unpaired) electrons. The number of rotatable bonds is 66. The summed E-state index contributed by atoms with van der Waals surface area (Å²) in [6.45, 7) is 11.7. The number of hydrogen-bond donors (Lipinski definition) is 3. The van der Waals surface area contributed by atoms with E-state index in [1.165, 1.54) is 141 Å². The van der Waals surface area contributed by atoms with Crippen LogP contribution in [0, 0.1) is 17.8 Å². The van der Waals surface area contributed by atoms with Crippen molar-refractivity contribution < 1.29 is 80.2 Å². The molecule has 516 valence electrons. The third-order valence-electron chi connectivity index (χ3n) is 15.6. The van der Waals surface area contributed by atoms with E-state index in [1.807, 2.05) is 0 Å². The largest absolute Gasteiger partial charge is 0.472 e. The van der Waals surface area contributed by atoms with Crippen molar-refractivity contribution in [2.24, 2.45) is 17.8 Å². The topological polar surface area (TPSA) is 237 Å². The molecule has 17 nitrogen and oxygen atoms in total. The Labute approximate surface area is 530 Å². The van der Waals surface area contributed by atoms with E-state index in [1.54, 1.807) is 0 Å². The van der Waals surface area contributed by atoms with Crippen LogP contribution in [-0.2, 0) is 65.4 Å². The fourth-order valence-corrected chi connectivity index (χ4v) is 11.8. The summed E-state index contributed by atoms with van der Waals surface area (Å²) in [5, 5.41) is 10.6. The molecule has 0 aliphatic rings. The highest BCUT2D eigenvalue weighted by molar-refractivity contribution is 7.47. The van der Waals surface area contributed by atoms with Gasteiger partial charge in [-0.2, -0.15) is 0 Å². The van der Waals surface area contributed by atoms with Gasteiger partial charge in [0.2, 0.25) is 0 Å². The molecule has 5 atom stereocenters. The Hall–Kier alpha value is -1.94. The zero-order chi connectivity index (χ0) is 64.5. The first-order valence-electron chi connectivity index (χ1n) is 35.3. The molecule has 87 heavy (non-hydrogen) atoms. The second kappa shape index (κ2) is 59.1. The number of hydrogen-bond acceptors (Lipinski definition) is 15. The molecule has 0 aliphatic carbocycles. The molecule has 0 saturated heterocycles. The molecule has 0 fully saturated rings. The minimum Gasteiger partial charge on any atom is -0.462 e. The normalized spacial score (nSPS) is 14.3. The summed E-state index contributed by atoms with van der Waals surface area (Å²) in [5.41, 5.74) is 0. The maximum Gasteiger partial charge on any atom is 0.472 e. The maximum absolute atomic E-state index is 13.0. The second-order valence-electron chi connectivity index (χ2n) is 26.0.